The zero-order valence-electron chi connectivity index (χ0n) is 14.4. The molecule has 0 saturated carbocycles. The Morgan fingerprint density at radius 1 is 1.04 bits per heavy atom. The largest absolute Gasteiger partial charge is 0.484 e. The molecular weight excluding hydrogens is 338 g/mol. The number of nitrogens with one attached hydrogen (secondary N) is 2. The van der Waals surface area contributed by atoms with E-state index in [1.807, 2.05) is 26.0 Å². The van der Waals surface area contributed by atoms with Crippen LogP contribution in [0, 0.1) is 24.0 Å². The topological polar surface area (TPSA) is 111 Å². The van der Waals surface area contributed by atoms with Gasteiger partial charge in [-0.05, 0) is 37.1 Å². The van der Waals surface area contributed by atoms with Crippen molar-refractivity contribution in [3.8, 4) is 5.75 Å². The summed E-state index contributed by atoms with van der Waals surface area (Å²) in [5, 5.41) is 10.9. The van der Waals surface area contributed by atoms with Gasteiger partial charge in [0.1, 0.15) is 5.75 Å². The molecule has 2 aromatic rings. The number of benzene rings is 2. The molecule has 0 atom stereocenters. The second-order valence-electron chi connectivity index (χ2n) is 5.69. The van der Waals surface area contributed by atoms with Gasteiger partial charge in [-0.15, -0.1) is 0 Å². The first-order chi connectivity index (χ1) is 12.4. The third-order valence-electron chi connectivity index (χ3n) is 3.73. The molecule has 26 heavy (non-hydrogen) atoms. The molecule has 2 aromatic carbocycles. The molecule has 0 radical (unpaired) electrons. The van der Waals surface area contributed by atoms with Crippen molar-refractivity contribution in [2.45, 2.75) is 20.3 Å². The molecule has 136 valence electrons. The van der Waals surface area contributed by atoms with E-state index >= 15 is 0 Å². The second kappa shape index (κ2) is 8.61. The first kappa shape index (κ1) is 18.9. The summed E-state index contributed by atoms with van der Waals surface area (Å²) in [6, 6.07) is 11.4. The SMILES string of the molecule is Cc1ccc(OCC(=O)NNC(=O)Cc2ccccc2[N+](=O)[O-])cc1C. The molecule has 0 aliphatic carbocycles. The summed E-state index contributed by atoms with van der Waals surface area (Å²) >= 11 is 0. The molecule has 0 saturated heterocycles. The Morgan fingerprint density at radius 3 is 2.42 bits per heavy atom. The number of hydrogen-bond donors (Lipinski definition) is 2. The van der Waals surface area contributed by atoms with Crippen molar-refractivity contribution < 1.29 is 19.2 Å². The minimum absolute atomic E-state index is 0.146. The van der Waals surface area contributed by atoms with Crippen LogP contribution in [0.25, 0.3) is 0 Å². The number of nitro benzene ring substituents is 1. The number of hydrogen-bond acceptors (Lipinski definition) is 5. The van der Waals surface area contributed by atoms with E-state index in [2.05, 4.69) is 10.9 Å². The van der Waals surface area contributed by atoms with Crippen LogP contribution in [-0.2, 0) is 16.0 Å². The smallest absolute Gasteiger partial charge is 0.276 e. The van der Waals surface area contributed by atoms with Crippen LogP contribution in [0.4, 0.5) is 5.69 Å². The van der Waals surface area contributed by atoms with E-state index in [9.17, 15) is 19.7 Å². The van der Waals surface area contributed by atoms with Crippen molar-refractivity contribution in [1.29, 1.82) is 0 Å². The summed E-state index contributed by atoms with van der Waals surface area (Å²) in [6.07, 6.45) is -0.227. The molecule has 0 spiro atoms. The van der Waals surface area contributed by atoms with Gasteiger partial charge in [-0.25, -0.2) is 0 Å². The Hall–Kier alpha value is -3.42. The maximum atomic E-state index is 11.9. The standard InChI is InChI=1S/C18H19N3O5/c1-12-7-8-15(9-13(12)2)26-11-18(23)20-19-17(22)10-14-5-3-4-6-16(14)21(24)25/h3-9H,10-11H2,1-2H3,(H,19,22)(H,20,23). The summed E-state index contributed by atoms with van der Waals surface area (Å²) in [6.45, 7) is 3.64. The highest BCUT2D eigenvalue weighted by Crippen LogP contribution is 2.18. The van der Waals surface area contributed by atoms with Crippen LogP contribution in [0.3, 0.4) is 0 Å². The molecule has 2 N–H and O–H groups in total. The number of nitro groups is 1. The molecule has 8 nitrogen and oxygen atoms in total. The first-order valence-corrected chi connectivity index (χ1v) is 7.87. The molecule has 8 heteroatoms. The predicted octanol–water partition coefficient (Wildman–Crippen LogP) is 1.98. The van der Waals surface area contributed by atoms with E-state index in [1.54, 1.807) is 12.1 Å². The van der Waals surface area contributed by atoms with E-state index in [0.29, 0.717) is 5.75 Å². The highest BCUT2D eigenvalue weighted by atomic mass is 16.6. The molecule has 0 heterocycles. The number of rotatable bonds is 6. The molecule has 0 bridgehead atoms. The minimum atomic E-state index is -0.571. The van der Waals surface area contributed by atoms with Crippen molar-refractivity contribution in [2.24, 2.45) is 0 Å². The van der Waals surface area contributed by atoms with Crippen LogP contribution in [-0.4, -0.2) is 23.3 Å². The van der Waals surface area contributed by atoms with Crippen LogP contribution < -0.4 is 15.6 Å². The summed E-state index contributed by atoms with van der Waals surface area (Å²) in [5.74, 6) is -0.563. The van der Waals surface area contributed by atoms with Crippen LogP contribution >= 0.6 is 0 Å². The van der Waals surface area contributed by atoms with Crippen LogP contribution in [0.5, 0.6) is 5.75 Å². The van der Waals surface area contributed by atoms with Gasteiger partial charge in [-0.1, -0.05) is 24.3 Å². The lowest BCUT2D eigenvalue weighted by Crippen LogP contribution is -2.44. The summed E-state index contributed by atoms with van der Waals surface area (Å²) in [4.78, 5) is 34.0. The van der Waals surface area contributed by atoms with Crippen molar-refractivity contribution in [3.05, 3.63) is 69.3 Å². The van der Waals surface area contributed by atoms with Crippen LogP contribution in [0.1, 0.15) is 16.7 Å². The van der Waals surface area contributed by atoms with Crippen LogP contribution in [0.2, 0.25) is 0 Å². The van der Waals surface area contributed by atoms with Gasteiger partial charge >= 0.3 is 0 Å². The fourth-order valence-corrected chi connectivity index (χ4v) is 2.18. The van der Waals surface area contributed by atoms with Gasteiger partial charge in [-0.2, -0.15) is 0 Å². The summed E-state index contributed by atoms with van der Waals surface area (Å²) in [5.41, 5.74) is 6.70. The van der Waals surface area contributed by atoms with E-state index in [1.165, 1.54) is 18.2 Å². The average Bonchev–Trinajstić information content (AvgIpc) is 2.61. The van der Waals surface area contributed by atoms with Gasteiger partial charge in [0.05, 0.1) is 11.3 Å². The van der Waals surface area contributed by atoms with Gasteiger partial charge < -0.3 is 4.74 Å². The molecule has 0 fully saturated rings. The number of amides is 2. The number of para-hydroxylation sites is 1. The van der Waals surface area contributed by atoms with Gasteiger partial charge in [-0.3, -0.25) is 30.6 Å². The quantitative estimate of drug-likeness (QED) is 0.607. The monoisotopic (exact) mass is 357 g/mol. The Balaban J connectivity index is 1.81. The van der Waals surface area contributed by atoms with Gasteiger partial charge in [0.2, 0.25) is 5.91 Å². The Labute approximate surface area is 150 Å². The molecule has 0 aromatic heterocycles. The first-order valence-electron chi connectivity index (χ1n) is 7.87. The minimum Gasteiger partial charge on any atom is -0.484 e. The van der Waals surface area contributed by atoms with Crippen molar-refractivity contribution in [1.82, 2.24) is 10.9 Å². The van der Waals surface area contributed by atoms with Crippen molar-refractivity contribution >= 4 is 17.5 Å². The fourth-order valence-electron chi connectivity index (χ4n) is 2.18. The molecule has 0 unspecified atom stereocenters. The second-order valence-corrected chi connectivity index (χ2v) is 5.69. The number of nitrogens with zero attached hydrogens (tertiary/aromatic N) is 1. The van der Waals surface area contributed by atoms with Gasteiger partial charge in [0.25, 0.3) is 11.6 Å². The number of carbonyl (C=O) groups is 2. The molecule has 0 aliphatic rings. The zero-order chi connectivity index (χ0) is 19.1. The Bertz CT molecular complexity index is 835. The lowest BCUT2D eigenvalue weighted by molar-refractivity contribution is -0.385. The maximum Gasteiger partial charge on any atom is 0.276 e. The van der Waals surface area contributed by atoms with E-state index in [0.717, 1.165) is 11.1 Å². The third kappa shape index (κ3) is 5.30. The molecule has 0 aliphatic heterocycles. The molecule has 2 amide bonds. The van der Waals surface area contributed by atoms with Crippen molar-refractivity contribution in [3.63, 3.8) is 0 Å². The lowest BCUT2D eigenvalue weighted by atomic mass is 10.1. The maximum absolute atomic E-state index is 11.9. The zero-order valence-corrected chi connectivity index (χ0v) is 14.4. The van der Waals surface area contributed by atoms with Crippen LogP contribution in [0.15, 0.2) is 42.5 Å². The van der Waals surface area contributed by atoms with E-state index in [4.69, 9.17) is 4.74 Å². The average molecular weight is 357 g/mol. The third-order valence-corrected chi connectivity index (χ3v) is 3.73. The normalized spacial score (nSPS) is 10.1. The summed E-state index contributed by atoms with van der Waals surface area (Å²) < 4.78 is 5.35. The molecule has 2 rings (SSSR count). The Kier molecular flexibility index (Phi) is 6.26. The lowest BCUT2D eigenvalue weighted by Gasteiger charge is -2.10. The van der Waals surface area contributed by atoms with Gasteiger partial charge in [0, 0.05) is 11.6 Å². The number of hydrazine groups is 1. The fraction of sp³-hybridized carbons (Fsp3) is 0.222. The number of ether oxygens (including phenoxy) is 1. The predicted molar refractivity (Wildman–Crippen MR) is 94.5 cm³/mol. The van der Waals surface area contributed by atoms with E-state index in [-0.39, 0.29) is 24.3 Å². The molecular formula is C18H19N3O5. The van der Waals surface area contributed by atoms with E-state index < -0.39 is 16.7 Å². The van der Waals surface area contributed by atoms with Crippen molar-refractivity contribution in [2.75, 3.05) is 6.61 Å². The number of aryl methyl sites for hydroxylation is 2. The highest BCUT2D eigenvalue weighted by molar-refractivity contribution is 5.84. The highest BCUT2D eigenvalue weighted by Gasteiger charge is 2.15. The van der Waals surface area contributed by atoms with Gasteiger partial charge in [0.15, 0.2) is 6.61 Å². The summed E-state index contributed by atoms with van der Waals surface area (Å²) in [7, 11) is 0. The number of carbonyl (C=O) groups excluding carboxylic acids is 2. The Morgan fingerprint density at radius 2 is 1.73 bits per heavy atom.